The summed E-state index contributed by atoms with van der Waals surface area (Å²) < 4.78 is 10.7. The molecule has 3 amide bonds. The lowest BCUT2D eigenvalue weighted by Gasteiger charge is -2.35. The molecule has 0 radical (unpaired) electrons. The van der Waals surface area contributed by atoms with Crippen LogP contribution in [0.4, 0.5) is 4.79 Å². The number of esters is 1. The van der Waals surface area contributed by atoms with Crippen molar-refractivity contribution in [2.75, 3.05) is 7.11 Å². The van der Waals surface area contributed by atoms with Crippen LogP contribution in [0.1, 0.15) is 25.5 Å². The predicted octanol–water partition coefficient (Wildman–Crippen LogP) is 3.54. The molecule has 144 valence electrons. The van der Waals surface area contributed by atoms with Crippen LogP contribution in [-0.4, -0.2) is 29.9 Å². The molecule has 2 aromatic rings. The van der Waals surface area contributed by atoms with Crippen molar-refractivity contribution in [1.29, 1.82) is 0 Å². The molecular formula is C21H20N2O5. The number of amides is 3. The summed E-state index contributed by atoms with van der Waals surface area (Å²) in [4.78, 5) is 38.0. The number of allylic oxidation sites excluding steroid dienone is 1. The van der Waals surface area contributed by atoms with Gasteiger partial charge in [0.2, 0.25) is 5.91 Å². The van der Waals surface area contributed by atoms with E-state index >= 15 is 0 Å². The van der Waals surface area contributed by atoms with Crippen LogP contribution in [0, 0.1) is 0 Å². The number of ether oxygens (including phenoxy) is 2. The molecule has 3 rings (SSSR count). The number of benzene rings is 2. The first-order valence-electron chi connectivity index (χ1n) is 8.65. The zero-order valence-corrected chi connectivity index (χ0v) is 15.8. The van der Waals surface area contributed by atoms with E-state index in [1.807, 2.05) is 30.3 Å². The zero-order chi connectivity index (χ0) is 20.3. The summed E-state index contributed by atoms with van der Waals surface area (Å²) in [5.41, 5.74) is 1.08. The molecule has 2 aromatic carbocycles. The number of urea groups is 1. The molecule has 7 nitrogen and oxygen atoms in total. The summed E-state index contributed by atoms with van der Waals surface area (Å²) in [6.07, 6.45) is 0. The van der Waals surface area contributed by atoms with Gasteiger partial charge in [0.15, 0.2) is 0 Å². The van der Waals surface area contributed by atoms with Crippen LogP contribution >= 0.6 is 0 Å². The molecule has 1 aliphatic rings. The van der Waals surface area contributed by atoms with Gasteiger partial charge < -0.3 is 14.8 Å². The van der Waals surface area contributed by atoms with E-state index in [1.54, 1.807) is 31.2 Å². The van der Waals surface area contributed by atoms with Gasteiger partial charge in [0.1, 0.15) is 17.5 Å². The van der Waals surface area contributed by atoms with Crippen molar-refractivity contribution >= 4 is 17.9 Å². The highest BCUT2D eigenvalue weighted by molar-refractivity contribution is 6.01. The number of imide groups is 1. The number of para-hydroxylation sites is 1. The van der Waals surface area contributed by atoms with Gasteiger partial charge in [-0.25, -0.2) is 9.59 Å². The van der Waals surface area contributed by atoms with Crippen LogP contribution in [0.15, 0.2) is 65.9 Å². The minimum atomic E-state index is -0.918. The van der Waals surface area contributed by atoms with Gasteiger partial charge in [-0.15, -0.1) is 0 Å². The summed E-state index contributed by atoms with van der Waals surface area (Å²) in [7, 11) is 1.25. The topological polar surface area (TPSA) is 84.9 Å². The Morgan fingerprint density at radius 1 is 1.04 bits per heavy atom. The molecule has 0 aliphatic carbocycles. The van der Waals surface area contributed by atoms with Gasteiger partial charge in [-0.3, -0.25) is 9.69 Å². The molecule has 0 spiro atoms. The van der Waals surface area contributed by atoms with Crippen LogP contribution in [0.2, 0.25) is 0 Å². The number of rotatable bonds is 4. The molecule has 0 unspecified atom stereocenters. The molecule has 1 aliphatic heterocycles. The Balaban J connectivity index is 2.07. The van der Waals surface area contributed by atoms with Gasteiger partial charge in [0.05, 0.1) is 12.7 Å². The van der Waals surface area contributed by atoms with Crippen LogP contribution in [0.25, 0.3) is 0 Å². The molecule has 0 saturated carbocycles. The highest BCUT2D eigenvalue weighted by atomic mass is 16.5. The molecule has 7 heteroatoms. The first-order chi connectivity index (χ1) is 13.4. The Hall–Kier alpha value is -3.61. The van der Waals surface area contributed by atoms with E-state index in [0.717, 1.165) is 4.90 Å². The van der Waals surface area contributed by atoms with Crippen LogP contribution < -0.4 is 10.1 Å². The van der Waals surface area contributed by atoms with Crippen molar-refractivity contribution in [1.82, 2.24) is 10.2 Å². The summed E-state index contributed by atoms with van der Waals surface area (Å²) in [6, 6.07) is 14.6. The van der Waals surface area contributed by atoms with Gasteiger partial charge in [-0.05, 0) is 36.8 Å². The molecule has 1 atom stereocenters. The van der Waals surface area contributed by atoms with Gasteiger partial charge in [0.25, 0.3) is 0 Å². The third-order valence-electron chi connectivity index (χ3n) is 4.35. The first kappa shape index (κ1) is 19.2. The highest BCUT2D eigenvalue weighted by Crippen LogP contribution is 2.36. The molecule has 0 saturated heterocycles. The van der Waals surface area contributed by atoms with E-state index in [2.05, 4.69) is 5.32 Å². The minimum absolute atomic E-state index is 0.189. The van der Waals surface area contributed by atoms with Crippen LogP contribution in [0.3, 0.4) is 0 Å². The average Bonchev–Trinajstić information content (AvgIpc) is 2.67. The number of hydrogen-bond acceptors (Lipinski definition) is 5. The molecule has 28 heavy (non-hydrogen) atoms. The Kier molecular flexibility index (Phi) is 5.44. The smallest absolute Gasteiger partial charge is 0.337 e. The van der Waals surface area contributed by atoms with E-state index in [0.29, 0.717) is 22.8 Å². The number of carbonyl (C=O) groups is 3. The Morgan fingerprint density at radius 2 is 1.71 bits per heavy atom. The van der Waals surface area contributed by atoms with E-state index in [9.17, 15) is 14.4 Å². The second kappa shape index (κ2) is 7.96. The molecule has 0 bridgehead atoms. The third-order valence-corrected chi connectivity index (χ3v) is 4.35. The maximum Gasteiger partial charge on any atom is 0.337 e. The second-order valence-electron chi connectivity index (χ2n) is 6.24. The second-order valence-corrected chi connectivity index (χ2v) is 6.24. The number of methoxy groups -OCH3 is 1. The summed E-state index contributed by atoms with van der Waals surface area (Å²) in [6.45, 7) is 2.87. The lowest BCUT2D eigenvalue weighted by atomic mass is 9.93. The van der Waals surface area contributed by atoms with Gasteiger partial charge in [-0.1, -0.05) is 30.3 Å². The zero-order valence-electron chi connectivity index (χ0n) is 15.8. The first-order valence-corrected chi connectivity index (χ1v) is 8.65. The average molecular weight is 380 g/mol. The fourth-order valence-corrected chi connectivity index (χ4v) is 3.13. The maximum atomic E-state index is 12.4. The van der Waals surface area contributed by atoms with Gasteiger partial charge in [-0.2, -0.15) is 0 Å². The number of nitrogens with one attached hydrogen (secondary N) is 1. The molecule has 1 heterocycles. The van der Waals surface area contributed by atoms with Crippen molar-refractivity contribution < 1.29 is 23.9 Å². The molecule has 1 N–H and O–H groups in total. The van der Waals surface area contributed by atoms with Crippen molar-refractivity contribution in [3.8, 4) is 11.5 Å². The van der Waals surface area contributed by atoms with E-state index in [1.165, 1.54) is 14.0 Å². The SMILES string of the molecule is COC(=O)C1=C(C)NC(=O)N(C(C)=O)[C@H]1c1cccc(Oc2ccccc2)c1. The van der Waals surface area contributed by atoms with Crippen molar-refractivity contribution in [3.63, 3.8) is 0 Å². The molecular weight excluding hydrogens is 360 g/mol. The van der Waals surface area contributed by atoms with Crippen molar-refractivity contribution in [3.05, 3.63) is 71.4 Å². The predicted molar refractivity (Wildman–Crippen MR) is 101 cm³/mol. The summed E-state index contributed by atoms with van der Waals surface area (Å²) >= 11 is 0. The number of nitrogens with zero attached hydrogens (tertiary/aromatic N) is 1. The lowest BCUT2D eigenvalue weighted by molar-refractivity contribution is -0.137. The van der Waals surface area contributed by atoms with Crippen LogP contribution in [-0.2, 0) is 14.3 Å². The van der Waals surface area contributed by atoms with Crippen LogP contribution in [0.5, 0.6) is 11.5 Å². The van der Waals surface area contributed by atoms with E-state index < -0.39 is 23.9 Å². The largest absolute Gasteiger partial charge is 0.466 e. The summed E-state index contributed by atoms with van der Waals surface area (Å²) in [5, 5.41) is 2.54. The molecule has 0 fully saturated rings. The standard InChI is InChI=1S/C21H20N2O5/c1-13-18(20(25)27-3)19(23(14(2)24)21(26)22-13)15-8-7-11-17(12-15)28-16-9-5-4-6-10-16/h4-12,19H,1-3H3,(H,22,26)/t19-/m0/s1. The fourth-order valence-electron chi connectivity index (χ4n) is 3.13. The monoisotopic (exact) mass is 380 g/mol. The quantitative estimate of drug-likeness (QED) is 0.820. The summed E-state index contributed by atoms with van der Waals surface area (Å²) in [5.74, 6) is 0.0401. The van der Waals surface area contributed by atoms with Crippen molar-refractivity contribution in [2.45, 2.75) is 19.9 Å². The fraction of sp³-hybridized carbons (Fsp3) is 0.190. The Bertz CT molecular complexity index is 952. The van der Waals surface area contributed by atoms with E-state index in [4.69, 9.17) is 9.47 Å². The lowest BCUT2D eigenvalue weighted by Crippen LogP contribution is -2.50. The Morgan fingerprint density at radius 3 is 2.36 bits per heavy atom. The van der Waals surface area contributed by atoms with Gasteiger partial charge >= 0.3 is 12.0 Å². The Labute approximate surface area is 162 Å². The van der Waals surface area contributed by atoms with E-state index in [-0.39, 0.29) is 5.57 Å². The normalized spacial score (nSPS) is 16.5. The maximum absolute atomic E-state index is 12.4. The number of carbonyl (C=O) groups excluding carboxylic acids is 3. The highest BCUT2D eigenvalue weighted by Gasteiger charge is 2.40. The van der Waals surface area contributed by atoms with Crippen molar-refractivity contribution in [2.24, 2.45) is 0 Å². The number of hydrogen-bond donors (Lipinski definition) is 1. The molecule has 0 aromatic heterocycles. The minimum Gasteiger partial charge on any atom is -0.466 e. The van der Waals surface area contributed by atoms with Gasteiger partial charge in [0, 0.05) is 12.6 Å². The third kappa shape index (κ3) is 3.73.